The fourth-order valence-electron chi connectivity index (χ4n) is 3.19. The first-order chi connectivity index (χ1) is 9.33. The first-order valence-corrected chi connectivity index (χ1v) is 8.04. The Bertz CT molecular complexity index is 371. The molecule has 0 aromatic heterocycles. The average Bonchev–Trinajstić information content (AvgIpc) is 2.97. The molecule has 1 aliphatic rings. The van der Waals surface area contributed by atoms with Crippen molar-refractivity contribution < 1.29 is 4.74 Å². The van der Waals surface area contributed by atoms with E-state index >= 15 is 0 Å². The monoisotopic (exact) mass is 280 g/mol. The van der Waals surface area contributed by atoms with Gasteiger partial charge in [0.15, 0.2) is 0 Å². The summed E-state index contributed by atoms with van der Waals surface area (Å²) in [4.78, 5) is 0. The van der Waals surface area contributed by atoms with E-state index in [4.69, 9.17) is 16.3 Å². The predicted octanol–water partition coefficient (Wildman–Crippen LogP) is 5.06. The molecule has 0 amide bonds. The molecule has 106 valence electrons. The van der Waals surface area contributed by atoms with Gasteiger partial charge in [0.25, 0.3) is 0 Å². The lowest BCUT2D eigenvalue weighted by atomic mass is 9.91. The van der Waals surface area contributed by atoms with Crippen molar-refractivity contribution in [2.24, 2.45) is 11.8 Å². The van der Waals surface area contributed by atoms with E-state index in [0.29, 0.717) is 5.92 Å². The SMILES string of the molecule is COc1ccccc1CC(CCl)CCC1CCCC1. The van der Waals surface area contributed by atoms with Gasteiger partial charge in [-0.3, -0.25) is 0 Å². The summed E-state index contributed by atoms with van der Waals surface area (Å²) in [5.74, 6) is 3.30. The van der Waals surface area contributed by atoms with Crippen molar-refractivity contribution in [1.29, 1.82) is 0 Å². The number of halogens is 1. The molecule has 1 aliphatic carbocycles. The van der Waals surface area contributed by atoms with E-state index in [-0.39, 0.29) is 0 Å². The summed E-state index contributed by atoms with van der Waals surface area (Å²) in [5, 5.41) is 0. The molecule has 1 nitrogen and oxygen atoms in total. The Kier molecular flexibility index (Phi) is 6.03. The highest BCUT2D eigenvalue weighted by Crippen LogP contribution is 2.31. The molecule has 0 radical (unpaired) electrons. The summed E-state index contributed by atoms with van der Waals surface area (Å²) >= 11 is 6.16. The van der Waals surface area contributed by atoms with Crippen LogP contribution in [-0.4, -0.2) is 13.0 Å². The second-order valence-corrected chi connectivity index (χ2v) is 6.07. The third-order valence-electron chi connectivity index (χ3n) is 4.38. The van der Waals surface area contributed by atoms with Crippen molar-refractivity contribution in [2.45, 2.75) is 44.9 Å². The van der Waals surface area contributed by atoms with E-state index in [2.05, 4.69) is 12.1 Å². The number of methoxy groups -OCH3 is 1. The molecular weight excluding hydrogens is 256 g/mol. The van der Waals surface area contributed by atoms with Gasteiger partial charge in [0.1, 0.15) is 5.75 Å². The lowest BCUT2D eigenvalue weighted by molar-refractivity contribution is 0.393. The average molecular weight is 281 g/mol. The van der Waals surface area contributed by atoms with E-state index in [1.807, 2.05) is 12.1 Å². The fraction of sp³-hybridized carbons (Fsp3) is 0.647. The zero-order chi connectivity index (χ0) is 13.5. The summed E-state index contributed by atoms with van der Waals surface area (Å²) in [6, 6.07) is 8.31. The number of alkyl halides is 1. The molecule has 1 unspecified atom stereocenters. The van der Waals surface area contributed by atoms with Gasteiger partial charge < -0.3 is 4.74 Å². The van der Waals surface area contributed by atoms with Crippen molar-refractivity contribution >= 4 is 11.6 Å². The Balaban J connectivity index is 1.86. The highest BCUT2D eigenvalue weighted by Gasteiger charge is 2.18. The van der Waals surface area contributed by atoms with Gasteiger partial charge in [-0.2, -0.15) is 0 Å². The van der Waals surface area contributed by atoms with Crippen LogP contribution in [0.3, 0.4) is 0 Å². The molecule has 1 aromatic carbocycles. The van der Waals surface area contributed by atoms with Crippen LogP contribution >= 0.6 is 11.6 Å². The molecule has 1 saturated carbocycles. The summed E-state index contributed by atoms with van der Waals surface area (Å²) < 4.78 is 5.43. The fourth-order valence-corrected chi connectivity index (χ4v) is 3.45. The van der Waals surface area contributed by atoms with Crippen LogP contribution in [0, 0.1) is 11.8 Å². The minimum atomic E-state index is 0.582. The molecule has 0 N–H and O–H groups in total. The Hall–Kier alpha value is -0.690. The van der Waals surface area contributed by atoms with Crippen LogP contribution in [0.2, 0.25) is 0 Å². The highest BCUT2D eigenvalue weighted by atomic mass is 35.5. The molecule has 0 saturated heterocycles. The van der Waals surface area contributed by atoms with Crippen LogP contribution < -0.4 is 4.74 Å². The summed E-state index contributed by atoms with van der Waals surface area (Å²) in [7, 11) is 1.74. The number of hydrogen-bond donors (Lipinski definition) is 0. The van der Waals surface area contributed by atoms with Gasteiger partial charge in [0, 0.05) is 5.88 Å². The summed E-state index contributed by atoms with van der Waals surface area (Å²) in [6.45, 7) is 0. The van der Waals surface area contributed by atoms with Crippen molar-refractivity contribution in [2.75, 3.05) is 13.0 Å². The van der Waals surface area contributed by atoms with Crippen LogP contribution in [-0.2, 0) is 6.42 Å². The number of hydrogen-bond acceptors (Lipinski definition) is 1. The quantitative estimate of drug-likeness (QED) is 0.634. The van der Waals surface area contributed by atoms with Crippen LogP contribution in [0.1, 0.15) is 44.1 Å². The normalized spacial score (nSPS) is 17.6. The van der Waals surface area contributed by atoms with Crippen LogP contribution in [0.5, 0.6) is 5.75 Å². The maximum absolute atomic E-state index is 6.16. The summed E-state index contributed by atoms with van der Waals surface area (Å²) in [6.07, 6.45) is 9.39. The van der Waals surface area contributed by atoms with E-state index in [1.165, 1.54) is 44.1 Å². The Morgan fingerprint density at radius 2 is 2.00 bits per heavy atom. The van der Waals surface area contributed by atoms with Gasteiger partial charge in [0.2, 0.25) is 0 Å². The van der Waals surface area contributed by atoms with Crippen LogP contribution in [0.4, 0.5) is 0 Å². The summed E-state index contributed by atoms with van der Waals surface area (Å²) in [5.41, 5.74) is 1.29. The maximum atomic E-state index is 6.16. The van der Waals surface area contributed by atoms with Crippen molar-refractivity contribution in [3.05, 3.63) is 29.8 Å². The van der Waals surface area contributed by atoms with Gasteiger partial charge in [-0.25, -0.2) is 0 Å². The van der Waals surface area contributed by atoms with Crippen molar-refractivity contribution in [1.82, 2.24) is 0 Å². The molecule has 0 heterocycles. The minimum Gasteiger partial charge on any atom is -0.496 e. The third-order valence-corrected chi connectivity index (χ3v) is 4.81. The largest absolute Gasteiger partial charge is 0.496 e. The zero-order valence-electron chi connectivity index (χ0n) is 11.9. The molecule has 1 aromatic rings. The first kappa shape index (κ1) is 14.7. The third kappa shape index (κ3) is 4.42. The number of ether oxygens (including phenoxy) is 1. The molecule has 0 bridgehead atoms. The van der Waals surface area contributed by atoms with Crippen LogP contribution in [0.15, 0.2) is 24.3 Å². The smallest absolute Gasteiger partial charge is 0.122 e. The molecule has 0 aliphatic heterocycles. The van der Waals surface area contributed by atoms with Gasteiger partial charge in [-0.05, 0) is 36.3 Å². The van der Waals surface area contributed by atoms with Crippen LogP contribution in [0.25, 0.3) is 0 Å². The van der Waals surface area contributed by atoms with Gasteiger partial charge >= 0.3 is 0 Å². The lowest BCUT2D eigenvalue weighted by Crippen LogP contribution is -2.09. The number of para-hydroxylation sites is 1. The first-order valence-electron chi connectivity index (χ1n) is 7.51. The minimum absolute atomic E-state index is 0.582. The Labute approximate surface area is 122 Å². The van der Waals surface area contributed by atoms with E-state index in [9.17, 15) is 0 Å². The molecule has 1 fully saturated rings. The van der Waals surface area contributed by atoms with E-state index in [1.54, 1.807) is 7.11 Å². The molecule has 1 atom stereocenters. The molecule has 19 heavy (non-hydrogen) atoms. The van der Waals surface area contributed by atoms with E-state index in [0.717, 1.165) is 24.0 Å². The van der Waals surface area contributed by atoms with E-state index < -0.39 is 0 Å². The van der Waals surface area contributed by atoms with Gasteiger partial charge in [-0.1, -0.05) is 50.3 Å². The number of rotatable bonds is 7. The topological polar surface area (TPSA) is 9.23 Å². The maximum Gasteiger partial charge on any atom is 0.122 e. The second-order valence-electron chi connectivity index (χ2n) is 5.76. The lowest BCUT2D eigenvalue weighted by Gasteiger charge is -2.18. The standard InChI is InChI=1S/C17H25ClO/c1-19-17-9-5-4-8-16(17)12-15(13-18)11-10-14-6-2-3-7-14/h4-5,8-9,14-15H,2-3,6-7,10-13H2,1H3. The van der Waals surface area contributed by atoms with Gasteiger partial charge in [-0.15, -0.1) is 11.6 Å². The van der Waals surface area contributed by atoms with Crippen molar-refractivity contribution in [3.8, 4) is 5.75 Å². The Morgan fingerprint density at radius 3 is 2.68 bits per heavy atom. The Morgan fingerprint density at radius 1 is 1.26 bits per heavy atom. The number of benzene rings is 1. The molecule has 2 heteroatoms. The molecule has 2 rings (SSSR count). The van der Waals surface area contributed by atoms with Gasteiger partial charge in [0.05, 0.1) is 7.11 Å². The van der Waals surface area contributed by atoms with Crippen molar-refractivity contribution in [3.63, 3.8) is 0 Å². The highest BCUT2D eigenvalue weighted by molar-refractivity contribution is 6.18. The molecular formula is C17H25ClO. The molecule has 0 spiro atoms. The second kappa shape index (κ2) is 7.79. The predicted molar refractivity (Wildman–Crippen MR) is 82.1 cm³/mol. The zero-order valence-corrected chi connectivity index (χ0v) is 12.7.